The highest BCUT2D eigenvalue weighted by atomic mass is 79.9. The summed E-state index contributed by atoms with van der Waals surface area (Å²) in [5, 5.41) is 3.27. The summed E-state index contributed by atoms with van der Waals surface area (Å²) in [6, 6.07) is 8.02. The van der Waals surface area contributed by atoms with Gasteiger partial charge in [0.05, 0.1) is 12.5 Å². The van der Waals surface area contributed by atoms with Gasteiger partial charge in [0.15, 0.2) is 0 Å². The van der Waals surface area contributed by atoms with Crippen LogP contribution in [0.5, 0.6) is 0 Å². The normalized spacial score (nSPS) is 10.7. The zero-order valence-corrected chi connectivity index (χ0v) is 13.2. The molecular formula is C13H19BrClNO2. The number of benzene rings is 1. The molecule has 0 atom stereocenters. The van der Waals surface area contributed by atoms with E-state index >= 15 is 0 Å². The lowest BCUT2D eigenvalue weighted by Gasteiger charge is -2.22. The molecule has 0 spiro atoms. The third-order valence-electron chi connectivity index (χ3n) is 2.58. The molecule has 0 radical (unpaired) electrons. The monoisotopic (exact) mass is 335 g/mol. The van der Waals surface area contributed by atoms with Crippen molar-refractivity contribution in [2.45, 2.75) is 20.4 Å². The van der Waals surface area contributed by atoms with Gasteiger partial charge >= 0.3 is 5.97 Å². The largest absolute Gasteiger partial charge is 0.469 e. The standard InChI is InChI=1S/C13H18BrNO2.ClH/c1-13(2,12(16)17-3)9-15-8-10-6-4-5-7-11(10)14;/h4-7,15H,8-9H2,1-3H3;1H. The first-order valence-electron chi connectivity index (χ1n) is 5.50. The fourth-order valence-electron chi connectivity index (χ4n) is 1.50. The van der Waals surface area contributed by atoms with Crippen LogP contribution in [0.25, 0.3) is 0 Å². The molecule has 1 rings (SSSR count). The molecule has 0 bridgehead atoms. The number of nitrogens with one attached hydrogen (secondary N) is 1. The van der Waals surface area contributed by atoms with Crippen LogP contribution in [0.1, 0.15) is 19.4 Å². The average molecular weight is 337 g/mol. The van der Waals surface area contributed by atoms with Gasteiger partial charge in [0, 0.05) is 17.6 Å². The Balaban J connectivity index is 0.00000289. The highest BCUT2D eigenvalue weighted by Gasteiger charge is 2.27. The van der Waals surface area contributed by atoms with Crippen LogP contribution in [0.15, 0.2) is 28.7 Å². The van der Waals surface area contributed by atoms with Crippen LogP contribution in [0.2, 0.25) is 0 Å². The molecule has 0 aliphatic heterocycles. The molecule has 0 aromatic heterocycles. The van der Waals surface area contributed by atoms with E-state index in [2.05, 4.69) is 21.2 Å². The average Bonchev–Trinajstić information content (AvgIpc) is 2.30. The molecule has 0 amide bonds. The number of carbonyl (C=O) groups excluding carboxylic acids is 1. The van der Waals surface area contributed by atoms with Gasteiger partial charge in [-0.15, -0.1) is 12.4 Å². The first kappa shape index (κ1) is 17.4. The summed E-state index contributed by atoms with van der Waals surface area (Å²) in [5.41, 5.74) is 0.670. The lowest BCUT2D eigenvalue weighted by molar-refractivity contribution is -0.150. The van der Waals surface area contributed by atoms with Crippen molar-refractivity contribution < 1.29 is 9.53 Å². The summed E-state index contributed by atoms with van der Waals surface area (Å²) in [6.45, 7) is 5.04. The summed E-state index contributed by atoms with van der Waals surface area (Å²) >= 11 is 3.49. The Hall–Kier alpha value is -0.580. The van der Waals surface area contributed by atoms with Crippen molar-refractivity contribution >= 4 is 34.3 Å². The molecule has 102 valence electrons. The van der Waals surface area contributed by atoms with E-state index in [0.717, 1.165) is 11.0 Å². The van der Waals surface area contributed by atoms with E-state index in [1.54, 1.807) is 0 Å². The second-order valence-electron chi connectivity index (χ2n) is 4.57. The molecule has 0 fully saturated rings. The van der Waals surface area contributed by atoms with Crippen molar-refractivity contribution in [1.82, 2.24) is 5.32 Å². The van der Waals surface area contributed by atoms with E-state index in [0.29, 0.717) is 6.54 Å². The smallest absolute Gasteiger partial charge is 0.312 e. The van der Waals surface area contributed by atoms with Gasteiger partial charge in [-0.2, -0.15) is 0 Å². The van der Waals surface area contributed by atoms with Crippen molar-refractivity contribution in [2.24, 2.45) is 5.41 Å². The van der Waals surface area contributed by atoms with Crippen molar-refractivity contribution in [2.75, 3.05) is 13.7 Å². The molecule has 0 aliphatic rings. The van der Waals surface area contributed by atoms with E-state index < -0.39 is 5.41 Å². The van der Waals surface area contributed by atoms with Gasteiger partial charge in [-0.05, 0) is 25.5 Å². The second-order valence-corrected chi connectivity index (χ2v) is 5.42. The van der Waals surface area contributed by atoms with Gasteiger partial charge in [-0.3, -0.25) is 4.79 Å². The Morgan fingerprint density at radius 1 is 1.39 bits per heavy atom. The molecule has 0 heterocycles. The number of carbonyl (C=O) groups is 1. The highest BCUT2D eigenvalue weighted by molar-refractivity contribution is 9.10. The Morgan fingerprint density at radius 2 is 2.00 bits per heavy atom. The van der Waals surface area contributed by atoms with Crippen LogP contribution < -0.4 is 5.32 Å². The van der Waals surface area contributed by atoms with Crippen molar-refractivity contribution in [1.29, 1.82) is 0 Å². The van der Waals surface area contributed by atoms with Gasteiger partial charge in [0.25, 0.3) is 0 Å². The molecule has 0 saturated heterocycles. The van der Waals surface area contributed by atoms with Crippen LogP contribution >= 0.6 is 28.3 Å². The first-order valence-corrected chi connectivity index (χ1v) is 6.29. The maximum absolute atomic E-state index is 11.5. The minimum absolute atomic E-state index is 0. The third kappa shape index (κ3) is 4.96. The fraction of sp³-hybridized carbons (Fsp3) is 0.462. The van der Waals surface area contributed by atoms with E-state index in [9.17, 15) is 4.79 Å². The van der Waals surface area contributed by atoms with Crippen molar-refractivity contribution in [3.8, 4) is 0 Å². The number of esters is 1. The number of ether oxygens (including phenoxy) is 1. The maximum Gasteiger partial charge on any atom is 0.312 e. The number of hydrogen-bond acceptors (Lipinski definition) is 3. The van der Waals surface area contributed by atoms with Gasteiger partial charge in [-0.1, -0.05) is 34.1 Å². The Bertz CT molecular complexity index is 396. The molecular weight excluding hydrogens is 318 g/mol. The van der Waals surface area contributed by atoms with Crippen LogP contribution in [0.3, 0.4) is 0 Å². The van der Waals surface area contributed by atoms with Crippen LogP contribution in [-0.2, 0) is 16.1 Å². The Labute approximate surface area is 123 Å². The first-order chi connectivity index (χ1) is 7.97. The van der Waals surface area contributed by atoms with E-state index in [1.165, 1.54) is 12.7 Å². The molecule has 1 aromatic carbocycles. The zero-order valence-electron chi connectivity index (χ0n) is 10.8. The van der Waals surface area contributed by atoms with Gasteiger partial charge in [0.2, 0.25) is 0 Å². The lowest BCUT2D eigenvalue weighted by Crippen LogP contribution is -2.36. The Morgan fingerprint density at radius 3 is 2.56 bits per heavy atom. The van der Waals surface area contributed by atoms with E-state index in [4.69, 9.17) is 4.74 Å². The predicted molar refractivity (Wildman–Crippen MR) is 78.9 cm³/mol. The molecule has 0 saturated carbocycles. The van der Waals surface area contributed by atoms with Crippen molar-refractivity contribution in [3.63, 3.8) is 0 Å². The zero-order chi connectivity index (χ0) is 12.9. The number of methoxy groups -OCH3 is 1. The van der Waals surface area contributed by atoms with Gasteiger partial charge in [0.1, 0.15) is 0 Å². The highest BCUT2D eigenvalue weighted by Crippen LogP contribution is 2.18. The number of halogens is 2. The van der Waals surface area contributed by atoms with Gasteiger partial charge in [-0.25, -0.2) is 0 Å². The fourth-order valence-corrected chi connectivity index (χ4v) is 1.92. The molecule has 1 aromatic rings. The predicted octanol–water partition coefficient (Wildman–Crippen LogP) is 3.16. The molecule has 1 N–H and O–H groups in total. The third-order valence-corrected chi connectivity index (χ3v) is 3.35. The second kappa shape index (κ2) is 7.77. The topological polar surface area (TPSA) is 38.3 Å². The maximum atomic E-state index is 11.5. The summed E-state index contributed by atoms with van der Waals surface area (Å²) < 4.78 is 5.83. The lowest BCUT2D eigenvalue weighted by atomic mass is 9.94. The molecule has 5 heteroatoms. The molecule has 0 aliphatic carbocycles. The van der Waals surface area contributed by atoms with Gasteiger partial charge < -0.3 is 10.1 Å². The number of hydrogen-bond donors (Lipinski definition) is 1. The minimum Gasteiger partial charge on any atom is -0.469 e. The summed E-state index contributed by atoms with van der Waals surface area (Å²) in [6.07, 6.45) is 0. The van der Waals surface area contributed by atoms with Crippen LogP contribution in [0.4, 0.5) is 0 Å². The Kier molecular flexibility index (Phi) is 7.52. The quantitative estimate of drug-likeness (QED) is 0.839. The molecule has 3 nitrogen and oxygen atoms in total. The minimum atomic E-state index is -0.504. The van der Waals surface area contributed by atoms with Crippen LogP contribution in [-0.4, -0.2) is 19.6 Å². The molecule has 18 heavy (non-hydrogen) atoms. The van der Waals surface area contributed by atoms with Crippen molar-refractivity contribution in [3.05, 3.63) is 34.3 Å². The van der Waals surface area contributed by atoms with E-state index in [1.807, 2.05) is 38.1 Å². The van der Waals surface area contributed by atoms with E-state index in [-0.39, 0.29) is 18.4 Å². The summed E-state index contributed by atoms with van der Waals surface area (Å²) in [5.74, 6) is -0.197. The summed E-state index contributed by atoms with van der Waals surface area (Å²) in [7, 11) is 1.41. The van der Waals surface area contributed by atoms with Crippen LogP contribution in [0, 0.1) is 5.41 Å². The summed E-state index contributed by atoms with van der Waals surface area (Å²) in [4.78, 5) is 11.5. The SMILES string of the molecule is COC(=O)C(C)(C)CNCc1ccccc1Br.Cl. The number of rotatable bonds is 5. The molecule has 0 unspecified atom stereocenters.